The molecule has 2 fully saturated rings. The third-order valence-electron chi connectivity index (χ3n) is 5.32. The normalized spacial score (nSPS) is 29.6. The van der Waals surface area contributed by atoms with Crippen LogP contribution in [0.25, 0.3) is 0 Å². The molecule has 132 valence electrons. The highest BCUT2D eigenvalue weighted by Gasteiger charge is 2.49. The number of nitrogens with two attached hydrogens (primary N) is 1. The third kappa shape index (κ3) is 3.87. The molecule has 2 bridgehead atoms. The second-order valence-corrected chi connectivity index (χ2v) is 8.48. The molecule has 5 nitrogen and oxygen atoms in total. The number of fused-ring (bicyclic) bond motifs is 2. The molecule has 1 aromatic carbocycles. The van der Waals surface area contributed by atoms with Gasteiger partial charge in [0.05, 0.1) is 12.5 Å². The summed E-state index contributed by atoms with van der Waals surface area (Å²) in [7, 11) is 0.646. The first-order chi connectivity index (χ1) is 11.6. The fourth-order valence-electron chi connectivity index (χ4n) is 4.12. The summed E-state index contributed by atoms with van der Waals surface area (Å²) in [6.45, 7) is 0.491. The van der Waals surface area contributed by atoms with Crippen molar-refractivity contribution < 1.29 is 13.7 Å². The number of amides is 1. The molecule has 5 unspecified atom stereocenters. The quantitative estimate of drug-likeness (QED) is 0.787. The van der Waals surface area contributed by atoms with Crippen molar-refractivity contribution in [3.63, 3.8) is 0 Å². The monoisotopic (exact) mass is 350 g/mol. The summed E-state index contributed by atoms with van der Waals surface area (Å²) in [5, 5.41) is 3.01. The van der Waals surface area contributed by atoms with Crippen molar-refractivity contribution in [2.24, 2.45) is 23.5 Å². The molecule has 3 N–H and O–H groups in total. The first-order valence-corrected chi connectivity index (χ1v) is 10.1. The van der Waals surface area contributed by atoms with Crippen LogP contribution in [0, 0.1) is 17.8 Å². The van der Waals surface area contributed by atoms with Gasteiger partial charge in [-0.2, -0.15) is 0 Å². The summed E-state index contributed by atoms with van der Waals surface area (Å²) < 4.78 is 16.9. The van der Waals surface area contributed by atoms with Gasteiger partial charge in [-0.1, -0.05) is 12.1 Å². The Morgan fingerprint density at radius 1 is 1.38 bits per heavy atom. The van der Waals surface area contributed by atoms with Crippen molar-refractivity contribution in [1.29, 1.82) is 0 Å². The molecule has 0 radical (unpaired) electrons. The molecule has 24 heavy (non-hydrogen) atoms. The summed E-state index contributed by atoms with van der Waals surface area (Å²) in [4.78, 5) is 12.6. The lowest BCUT2D eigenvalue weighted by Gasteiger charge is -2.27. The summed E-state index contributed by atoms with van der Waals surface area (Å²) in [6, 6.07) is 7.59. The molecule has 0 aromatic heterocycles. The predicted octanol–water partition coefficient (Wildman–Crippen LogP) is 1.89. The molecule has 0 saturated heterocycles. The van der Waals surface area contributed by atoms with E-state index >= 15 is 0 Å². The van der Waals surface area contributed by atoms with Crippen LogP contribution in [-0.2, 0) is 26.1 Å². The molecule has 3 rings (SSSR count). The summed E-state index contributed by atoms with van der Waals surface area (Å²) in [6.07, 6.45) is 3.38. The second kappa shape index (κ2) is 7.76. The van der Waals surface area contributed by atoms with Gasteiger partial charge in [-0.15, -0.1) is 0 Å². The van der Waals surface area contributed by atoms with Crippen LogP contribution in [0.2, 0.25) is 0 Å². The largest absolute Gasteiger partial charge is 0.384 e. The van der Waals surface area contributed by atoms with Crippen LogP contribution in [0.5, 0.6) is 0 Å². The molecule has 1 amide bonds. The Morgan fingerprint density at radius 3 is 2.88 bits per heavy atom. The van der Waals surface area contributed by atoms with E-state index in [2.05, 4.69) is 5.32 Å². The molecule has 5 atom stereocenters. The maximum absolute atomic E-state index is 12.6. The van der Waals surface area contributed by atoms with Gasteiger partial charge in [0.15, 0.2) is 0 Å². The van der Waals surface area contributed by atoms with Gasteiger partial charge >= 0.3 is 0 Å². The highest BCUT2D eigenvalue weighted by atomic mass is 32.2. The Kier molecular flexibility index (Phi) is 5.69. The fraction of sp³-hybridized carbons (Fsp3) is 0.611. The number of ether oxygens (including phenoxy) is 1. The van der Waals surface area contributed by atoms with Crippen LogP contribution in [0.4, 0.5) is 5.69 Å². The minimum Gasteiger partial charge on any atom is -0.384 e. The number of hydrogen-bond donors (Lipinski definition) is 2. The minimum atomic E-state index is -0.959. The van der Waals surface area contributed by atoms with Crippen molar-refractivity contribution in [1.82, 2.24) is 0 Å². The number of nitrogens with one attached hydrogen (secondary N) is 1. The molecule has 1 aromatic rings. The molecule has 2 saturated carbocycles. The van der Waals surface area contributed by atoms with E-state index in [-0.39, 0.29) is 17.9 Å². The Hall–Kier alpha value is -1.24. The van der Waals surface area contributed by atoms with Crippen LogP contribution < -0.4 is 11.1 Å². The van der Waals surface area contributed by atoms with Crippen LogP contribution in [0.1, 0.15) is 24.8 Å². The third-order valence-corrected chi connectivity index (χ3v) is 6.60. The van der Waals surface area contributed by atoms with Crippen molar-refractivity contribution >= 4 is 22.4 Å². The lowest BCUT2D eigenvalue weighted by molar-refractivity contribution is -0.121. The van der Waals surface area contributed by atoms with E-state index in [9.17, 15) is 9.00 Å². The number of methoxy groups -OCH3 is 1. The van der Waals surface area contributed by atoms with Crippen molar-refractivity contribution in [3.8, 4) is 0 Å². The van der Waals surface area contributed by atoms with E-state index in [0.717, 1.165) is 24.1 Å². The summed E-state index contributed by atoms with van der Waals surface area (Å²) >= 11 is 0. The number of anilines is 1. The molecule has 0 aliphatic heterocycles. The van der Waals surface area contributed by atoms with Gasteiger partial charge in [0, 0.05) is 41.1 Å². The van der Waals surface area contributed by atoms with Crippen LogP contribution in [0.3, 0.4) is 0 Å². The van der Waals surface area contributed by atoms with Gasteiger partial charge in [-0.25, -0.2) is 0 Å². The van der Waals surface area contributed by atoms with Gasteiger partial charge in [0.2, 0.25) is 5.91 Å². The molecule has 2 aliphatic carbocycles. The van der Waals surface area contributed by atoms with E-state index in [0.29, 0.717) is 29.9 Å². The van der Waals surface area contributed by atoms with Gasteiger partial charge in [0.25, 0.3) is 0 Å². The zero-order chi connectivity index (χ0) is 17.1. The van der Waals surface area contributed by atoms with E-state index in [1.165, 1.54) is 6.42 Å². The maximum atomic E-state index is 12.6. The summed E-state index contributed by atoms with van der Waals surface area (Å²) in [5.41, 5.74) is 7.97. The zero-order valence-corrected chi connectivity index (χ0v) is 14.9. The smallest absolute Gasteiger partial charge is 0.229 e. The standard InChI is InChI=1S/C18H26N2O3S/c1-23-7-8-24(22)11-12-3-2-4-15(9-12)20-18(21)16-13-5-6-14(10-13)17(16)19/h2-4,9,13-14,16-17H,5-8,10-11,19H2,1H3,(H,20,21). The van der Waals surface area contributed by atoms with Gasteiger partial charge in [0.1, 0.15) is 0 Å². The highest BCUT2D eigenvalue weighted by molar-refractivity contribution is 7.84. The average Bonchev–Trinajstić information content (AvgIpc) is 3.14. The SMILES string of the molecule is COCCS(=O)Cc1cccc(NC(=O)C2C3CCC(C3)C2N)c1. The molecule has 0 heterocycles. The molecule has 2 aliphatic rings. The van der Waals surface area contributed by atoms with Crippen molar-refractivity contribution in [2.45, 2.75) is 31.1 Å². The maximum Gasteiger partial charge on any atom is 0.229 e. The van der Waals surface area contributed by atoms with E-state index in [4.69, 9.17) is 10.5 Å². The first kappa shape index (κ1) is 17.6. The number of rotatable bonds is 7. The predicted molar refractivity (Wildman–Crippen MR) is 96.0 cm³/mol. The van der Waals surface area contributed by atoms with E-state index in [1.807, 2.05) is 24.3 Å². The molecular weight excluding hydrogens is 324 g/mol. The Morgan fingerprint density at radius 2 is 2.17 bits per heavy atom. The van der Waals surface area contributed by atoms with Crippen LogP contribution in [0.15, 0.2) is 24.3 Å². The van der Waals surface area contributed by atoms with E-state index < -0.39 is 10.8 Å². The first-order valence-electron chi connectivity index (χ1n) is 8.57. The Bertz CT molecular complexity index is 620. The number of benzene rings is 1. The van der Waals surface area contributed by atoms with Crippen LogP contribution >= 0.6 is 0 Å². The molecule has 6 heteroatoms. The fourth-order valence-corrected chi connectivity index (χ4v) is 5.17. The average molecular weight is 350 g/mol. The highest BCUT2D eigenvalue weighted by Crippen LogP contribution is 2.47. The van der Waals surface area contributed by atoms with Gasteiger partial charge in [-0.05, 0) is 48.8 Å². The zero-order valence-electron chi connectivity index (χ0n) is 14.1. The lowest BCUT2D eigenvalue weighted by Crippen LogP contribution is -2.42. The van der Waals surface area contributed by atoms with Crippen molar-refractivity contribution in [2.75, 3.05) is 24.8 Å². The molecule has 0 spiro atoms. The van der Waals surface area contributed by atoms with E-state index in [1.54, 1.807) is 7.11 Å². The number of carbonyl (C=O) groups is 1. The Balaban J connectivity index is 1.60. The topological polar surface area (TPSA) is 81.4 Å². The second-order valence-electron chi connectivity index (χ2n) is 6.91. The number of hydrogen-bond acceptors (Lipinski definition) is 4. The van der Waals surface area contributed by atoms with Gasteiger partial charge < -0.3 is 15.8 Å². The summed E-state index contributed by atoms with van der Waals surface area (Å²) in [5.74, 6) is 1.92. The van der Waals surface area contributed by atoms with Gasteiger partial charge in [-0.3, -0.25) is 9.00 Å². The Labute approximate surface area is 145 Å². The van der Waals surface area contributed by atoms with Crippen LogP contribution in [-0.4, -0.2) is 35.6 Å². The minimum absolute atomic E-state index is 0.00604. The lowest BCUT2D eigenvalue weighted by atomic mass is 9.84. The number of carbonyl (C=O) groups excluding carboxylic acids is 1. The van der Waals surface area contributed by atoms with Crippen molar-refractivity contribution in [3.05, 3.63) is 29.8 Å². The molecular formula is C18H26N2O3S.